The first-order chi connectivity index (χ1) is 11.8. The number of benzene rings is 2. The van der Waals surface area contributed by atoms with E-state index < -0.39 is 0 Å². The molecule has 0 aliphatic carbocycles. The van der Waals surface area contributed by atoms with Gasteiger partial charge in [0.2, 0.25) is 11.1 Å². The third kappa shape index (κ3) is 3.76. The van der Waals surface area contributed by atoms with E-state index in [9.17, 15) is 4.79 Å². The number of carbonyl (C=O) groups excluding carboxylic acids is 1. The Morgan fingerprint density at radius 1 is 0.917 bits per heavy atom. The standard InChI is InChI=1S/C17H15N5OS/c18-20-14(23)11-24-17-19-15(12-7-3-1-4-8-12)16(21-22-17)13-9-5-2-6-10-13/h1-10H,11,18H2,(H,20,23). The maximum Gasteiger partial charge on any atom is 0.244 e. The van der Waals surface area contributed by atoms with Crippen molar-refractivity contribution < 1.29 is 4.79 Å². The fraction of sp³-hybridized carbons (Fsp3) is 0.0588. The summed E-state index contributed by atoms with van der Waals surface area (Å²) < 4.78 is 0. The molecule has 0 saturated carbocycles. The van der Waals surface area contributed by atoms with E-state index in [0.29, 0.717) is 10.9 Å². The van der Waals surface area contributed by atoms with Crippen LogP contribution in [0.1, 0.15) is 0 Å². The number of nitrogens with two attached hydrogens (primary N) is 1. The van der Waals surface area contributed by atoms with Crippen molar-refractivity contribution in [2.75, 3.05) is 5.75 Å². The third-order valence-electron chi connectivity index (χ3n) is 3.26. The van der Waals surface area contributed by atoms with Crippen LogP contribution in [-0.2, 0) is 4.79 Å². The van der Waals surface area contributed by atoms with Gasteiger partial charge in [-0.25, -0.2) is 10.8 Å². The van der Waals surface area contributed by atoms with Gasteiger partial charge in [0.15, 0.2) is 0 Å². The number of aromatic nitrogens is 3. The van der Waals surface area contributed by atoms with Crippen LogP contribution < -0.4 is 11.3 Å². The van der Waals surface area contributed by atoms with Crippen molar-refractivity contribution in [2.24, 2.45) is 5.84 Å². The molecular weight excluding hydrogens is 322 g/mol. The number of thioether (sulfide) groups is 1. The lowest BCUT2D eigenvalue weighted by Gasteiger charge is -2.09. The summed E-state index contributed by atoms with van der Waals surface area (Å²) in [6.45, 7) is 0. The Hall–Kier alpha value is -2.77. The minimum absolute atomic E-state index is 0.136. The first-order valence-corrected chi connectivity index (χ1v) is 8.24. The van der Waals surface area contributed by atoms with Gasteiger partial charge in [0.25, 0.3) is 0 Å². The molecule has 3 rings (SSSR count). The highest BCUT2D eigenvalue weighted by molar-refractivity contribution is 7.99. The Labute approximate surface area is 143 Å². The minimum Gasteiger partial charge on any atom is -0.294 e. The van der Waals surface area contributed by atoms with Gasteiger partial charge >= 0.3 is 0 Å². The molecule has 1 aromatic heterocycles. The average molecular weight is 337 g/mol. The van der Waals surface area contributed by atoms with E-state index in [1.54, 1.807) is 0 Å². The van der Waals surface area contributed by atoms with Gasteiger partial charge in [-0.15, -0.1) is 10.2 Å². The van der Waals surface area contributed by atoms with Crippen molar-refractivity contribution in [3.05, 3.63) is 60.7 Å². The van der Waals surface area contributed by atoms with Crippen LogP contribution in [0.15, 0.2) is 65.8 Å². The van der Waals surface area contributed by atoms with Gasteiger partial charge in [0, 0.05) is 11.1 Å². The lowest BCUT2D eigenvalue weighted by atomic mass is 10.0. The van der Waals surface area contributed by atoms with Crippen molar-refractivity contribution in [2.45, 2.75) is 5.16 Å². The summed E-state index contributed by atoms with van der Waals surface area (Å²) in [5, 5.41) is 8.89. The Bertz CT molecular complexity index is 827. The van der Waals surface area contributed by atoms with E-state index in [1.807, 2.05) is 60.7 Å². The van der Waals surface area contributed by atoms with Gasteiger partial charge < -0.3 is 0 Å². The lowest BCUT2D eigenvalue weighted by molar-refractivity contribution is -0.118. The minimum atomic E-state index is -0.294. The molecule has 0 fully saturated rings. The maximum absolute atomic E-state index is 11.3. The topological polar surface area (TPSA) is 93.8 Å². The summed E-state index contributed by atoms with van der Waals surface area (Å²) in [4.78, 5) is 15.9. The molecule has 0 unspecified atom stereocenters. The van der Waals surface area contributed by atoms with Crippen LogP contribution >= 0.6 is 11.8 Å². The molecule has 0 radical (unpaired) electrons. The third-order valence-corrected chi connectivity index (χ3v) is 4.09. The van der Waals surface area contributed by atoms with Crippen LogP contribution in [0, 0.1) is 0 Å². The van der Waals surface area contributed by atoms with E-state index in [2.05, 4.69) is 20.6 Å². The van der Waals surface area contributed by atoms with Crippen LogP contribution in [0.3, 0.4) is 0 Å². The summed E-state index contributed by atoms with van der Waals surface area (Å²) in [6, 6.07) is 19.5. The van der Waals surface area contributed by atoms with Gasteiger partial charge in [0.05, 0.1) is 5.75 Å². The molecule has 0 bridgehead atoms. The Kier molecular flexibility index (Phi) is 5.15. The highest BCUT2D eigenvalue weighted by Crippen LogP contribution is 2.29. The molecular formula is C17H15N5OS. The van der Waals surface area contributed by atoms with E-state index in [-0.39, 0.29) is 11.7 Å². The molecule has 120 valence electrons. The zero-order valence-electron chi connectivity index (χ0n) is 12.7. The smallest absolute Gasteiger partial charge is 0.244 e. The largest absolute Gasteiger partial charge is 0.294 e. The van der Waals surface area contributed by atoms with Crippen molar-refractivity contribution in [3.8, 4) is 22.5 Å². The second-order valence-corrected chi connectivity index (χ2v) is 5.82. The van der Waals surface area contributed by atoms with Crippen molar-refractivity contribution in [3.63, 3.8) is 0 Å². The monoisotopic (exact) mass is 337 g/mol. The lowest BCUT2D eigenvalue weighted by Crippen LogP contribution is -2.31. The molecule has 0 spiro atoms. The SMILES string of the molecule is NNC(=O)CSc1nnc(-c2ccccc2)c(-c2ccccc2)n1. The van der Waals surface area contributed by atoms with Gasteiger partial charge in [-0.05, 0) is 0 Å². The van der Waals surface area contributed by atoms with E-state index in [0.717, 1.165) is 16.8 Å². The molecule has 6 nitrogen and oxygen atoms in total. The Morgan fingerprint density at radius 2 is 1.50 bits per heavy atom. The summed E-state index contributed by atoms with van der Waals surface area (Å²) >= 11 is 1.19. The molecule has 3 aromatic rings. The van der Waals surface area contributed by atoms with E-state index >= 15 is 0 Å². The Morgan fingerprint density at radius 3 is 2.08 bits per heavy atom. The molecule has 3 N–H and O–H groups in total. The summed E-state index contributed by atoms with van der Waals surface area (Å²) in [6.07, 6.45) is 0. The highest BCUT2D eigenvalue weighted by Gasteiger charge is 2.14. The first-order valence-electron chi connectivity index (χ1n) is 7.25. The van der Waals surface area contributed by atoms with E-state index in [1.165, 1.54) is 11.8 Å². The second kappa shape index (κ2) is 7.67. The number of carbonyl (C=O) groups is 1. The number of nitrogens with one attached hydrogen (secondary N) is 1. The van der Waals surface area contributed by atoms with Gasteiger partial charge in [-0.2, -0.15) is 0 Å². The highest BCUT2D eigenvalue weighted by atomic mass is 32.2. The first kappa shape index (κ1) is 16.1. The fourth-order valence-corrected chi connectivity index (χ4v) is 2.73. The molecule has 0 aliphatic rings. The van der Waals surface area contributed by atoms with Gasteiger partial charge in [0.1, 0.15) is 11.4 Å². The quantitative estimate of drug-likeness (QED) is 0.321. The van der Waals surface area contributed by atoms with Crippen LogP contribution in [0.4, 0.5) is 0 Å². The summed E-state index contributed by atoms with van der Waals surface area (Å²) in [7, 11) is 0. The van der Waals surface area contributed by atoms with Crippen LogP contribution in [0.2, 0.25) is 0 Å². The van der Waals surface area contributed by atoms with Crippen LogP contribution in [0.25, 0.3) is 22.5 Å². The summed E-state index contributed by atoms with van der Waals surface area (Å²) in [5.41, 5.74) is 5.39. The van der Waals surface area contributed by atoms with Gasteiger partial charge in [-0.1, -0.05) is 72.4 Å². The van der Waals surface area contributed by atoms with Crippen molar-refractivity contribution in [1.29, 1.82) is 0 Å². The van der Waals surface area contributed by atoms with Crippen LogP contribution in [-0.4, -0.2) is 26.8 Å². The zero-order chi connectivity index (χ0) is 16.8. The second-order valence-electron chi connectivity index (χ2n) is 4.88. The summed E-state index contributed by atoms with van der Waals surface area (Å²) in [5.74, 6) is 4.93. The van der Waals surface area contributed by atoms with E-state index in [4.69, 9.17) is 5.84 Å². The predicted molar refractivity (Wildman–Crippen MR) is 93.8 cm³/mol. The van der Waals surface area contributed by atoms with Gasteiger partial charge in [-0.3, -0.25) is 10.2 Å². The molecule has 0 atom stereocenters. The average Bonchev–Trinajstić information content (AvgIpc) is 2.67. The molecule has 1 amide bonds. The number of hydrogen-bond acceptors (Lipinski definition) is 6. The number of rotatable bonds is 5. The molecule has 7 heteroatoms. The number of hydrazine groups is 1. The Balaban J connectivity index is 2.02. The number of hydrogen-bond donors (Lipinski definition) is 2. The maximum atomic E-state index is 11.3. The normalized spacial score (nSPS) is 10.4. The van der Waals surface area contributed by atoms with Crippen molar-refractivity contribution >= 4 is 17.7 Å². The molecule has 0 saturated heterocycles. The zero-order valence-corrected chi connectivity index (χ0v) is 13.5. The molecule has 1 heterocycles. The molecule has 2 aromatic carbocycles. The molecule has 24 heavy (non-hydrogen) atoms. The predicted octanol–water partition coefficient (Wildman–Crippen LogP) is 2.29. The van der Waals surface area contributed by atoms with Crippen molar-refractivity contribution in [1.82, 2.24) is 20.6 Å². The van der Waals surface area contributed by atoms with Crippen LogP contribution in [0.5, 0.6) is 0 Å². The number of amides is 1. The fourth-order valence-electron chi connectivity index (χ4n) is 2.13. The number of nitrogens with zero attached hydrogens (tertiary/aromatic N) is 3. The molecule has 0 aliphatic heterocycles.